The van der Waals surface area contributed by atoms with Gasteiger partial charge >= 0.3 is 0 Å². The number of carbonyl (C=O) groups excluding carboxylic acids is 1. The number of thiocarbonyl (C=S) groups is 1. The molecule has 1 aromatic heterocycles. The molecule has 2 aromatic carbocycles. The van der Waals surface area contributed by atoms with Gasteiger partial charge in [0.1, 0.15) is 29.6 Å². The van der Waals surface area contributed by atoms with Gasteiger partial charge in [-0.3, -0.25) is 9.69 Å². The van der Waals surface area contributed by atoms with Crippen LogP contribution in [0.3, 0.4) is 0 Å². The second kappa shape index (κ2) is 9.68. The SMILES string of the molecule is COc1ccc(/C=C2/NC(=S)N(Cc3ccco3)C2=O)cc1COc1cc(C)c(Cl)c(C)c1. The number of furan rings is 1. The Bertz CT molecular complexity index is 1210. The second-order valence-electron chi connectivity index (χ2n) is 7.69. The molecule has 0 bridgehead atoms. The zero-order valence-electron chi connectivity index (χ0n) is 18.5. The fraction of sp³-hybridized carbons (Fsp3) is 0.200. The molecule has 1 amide bonds. The summed E-state index contributed by atoms with van der Waals surface area (Å²) in [5.74, 6) is 1.87. The van der Waals surface area contributed by atoms with Crippen LogP contribution in [0.25, 0.3) is 6.08 Å². The Hall–Kier alpha value is -3.29. The van der Waals surface area contributed by atoms with E-state index in [1.165, 1.54) is 4.90 Å². The van der Waals surface area contributed by atoms with Crippen LogP contribution in [0.2, 0.25) is 5.02 Å². The lowest BCUT2D eigenvalue weighted by Crippen LogP contribution is -2.29. The largest absolute Gasteiger partial charge is 0.496 e. The third-order valence-corrected chi connectivity index (χ3v) is 6.19. The number of rotatable bonds is 7. The normalized spacial score (nSPS) is 14.7. The summed E-state index contributed by atoms with van der Waals surface area (Å²) >= 11 is 11.6. The van der Waals surface area contributed by atoms with Crippen LogP contribution in [-0.2, 0) is 17.9 Å². The highest BCUT2D eigenvalue weighted by Gasteiger charge is 2.31. The molecule has 170 valence electrons. The fourth-order valence-electron chi connectivity index (χ4n) is 3.59. The Labute approximate surface area is 202 Å². The molecule has 2 heterocycles. The van der Waals surface area contributed by atoms with Crippen molar-refractivity contribution in [2.24, 2.45) is 0 Å². The molecule has 33 heavy (non-hydrogen) atoms. The van der Waals surface area contributed by atoms with Gasteiger partial charge < -0.3 is 19.2 Å². The van der Waals surface area contributed by atoms with Gasteiger partial charge in [-0.2, -0.15) is 0 Å². The number of amides is 1. The van der Waals surface area contributed by atoms with Gasteiger partial charge in [-0.25, -0.2) is 0 Å². The van der Waals surface area contributed by atoms with Gasteiger partial charge in [0.05, 0.1) is 19.9 Å². The van der Waals surface area contributed by atoms with Crippen LogP contribution < -0.4 is 14.8 Å². The molecule has 0 spiro atoms. The molecule has 1 N–H and O–H groups in total. The van der Waals surface area contributed by atoms with Crippen LogP contribution in [-0.4, -0.2) is 23.0 Å². The van der Waals surface area contributed by atoms with E-state index in [-0.39, 0.29) is 12.5 Å². The molecule has 1 fully saturated rings. The first-order valence-corrected chi connectivity index (χ1v) is 11.1. The highest BCUT2D eigenvalue weighted by Crippen LogP contribution is 2.28. The van der Waals surface area contributed by atoms with Crippen molar-refractivity contribution < 1.29 is 18.7 Å². The number of hydrogen-bond acceptors (Lipinski definition) is 5. The average Bonchev–Trinajstić information content (AvgIpc) is 3.40. The Morgan fingerprint density at radius 3 is 2.61 bits per heavy atom. The summed E-state index contributed by atoms with van der Waals surface area (Å²) in [7, 11) is 1.61. The minimum atomic E-state index is -0.211. The minimum Gasteiger partial charge on any atom is -0.496 e. The molecule has 1 saturated heterocycles. The van der Waals surface area contributed by atoms with Gasteiger partial charge in [0.2, 0.25) is 0 Å². The van der Waals surface area contributed by atoms with Crippen molar-refractivity contribution in [1.82, 2.24) is 10.2 Å². The number of aryl methyl sites for hydroxylation is 2. The summed E-state index contributed by atoms with van der Waals surface area (Å²) in [4.78, 5) is 14.3. The van der Waals surface area contributed by atoms with Crippen LogP contribution in [0.5, 0.6) is 11.5 Å². The van der Waals surface area contributed by atoms with E-state index in [2.05, 4.69) is 5.32 Å². The van der Waals surface area contributed by atoms with Crippen LogP contribution in [0.15, 0.2) is 58.8 Å². The molecule has 0 radical (unpaired) electrons. The van der Waals surface area contributed by atoms with Gasteiger partial charge in [0.25, 0.3) is 5.91 Å². The fourth-order valence-corrected chi connectivity index (χ4v) is 3.96. The van der Waals surface area contributed by atoms with Crippen molar-refractivity contribution in [1.29, 1.82) is 0 Å². The molecule has 1 aliphatic rings. The molecule has 0 unspecified atom stereocenters. The standard InChI is InChI=1S/C25H23ClN2O4S/c1-15-9-20(10-16(2)23(15)26)32-14-18-11-17(6-7-22(18)30-3)12-21-24(29)28(25(33)27-21)13-19-5-4-8-31-19/h4-12H,13-14H2,1-3H3,(H,27,33)/b21-12+. The molecule has 3 aromatic rings. The van der Waals surface area contributed by atoms with Gasteiger partial charge in [0, 0.05) is 10.6 Å². The molecule has 0 atom stereocenters. The smallest absolute Gasteiger partial charge is 0.276 e. The van der Waals surface area contributed by atoms with E-state index in [0.29, 0.717) is 28.9 Å². The van der Waals surface area contributed by atoms with E-state index >= 15 is 0 Å². The monoisotopic (exact) mass is 482 g/mol. The lowest BCUT2D eigenvalue weighted by molar-refractivity contribution is -0.122. The number of nitrogens with one attached hydrogen (secondary N) is 1. The van der Waals surface area contributed by atoms with Crippen LogP contribution in [0.1, 0.15) is 28.0 Å². The second-order valence-corrected chi connectivity index (χ2v) is 8.45. The third kappa shape index (κ3) is 5.05. The van der Waals surface area contributed by atoms with E-state index in [4.69, 9.17) is 37.7 Å². The molecule has 0 saturated carbocycles. The summed E-state index contributed by atoms with van der Waals surface area (Å²) in [6, 6.07) is 13.0. The first kappa shape index (κ1) is 22.9. The first-order chi connectivity index (χ1) is 15.9. The predicted molar refractivity (Wildman–Crippen MR) is 131 cm³/mol. The number of ether oxygens (including phenoxy) is 2. The summed E-state index contributed by atoms with van der Waals surface area (Å²) in [6.07, 6.45) is 3.33. The van der Waals surface area contributed by atoms with Crippen molar-refractivity contribution >= 4 is 40.9 Å². The minimum absolute atomic E-state index is 0.211. The number of benzene rings is 2. The maximum Gasteiger partial charge on any atom is 0.276 e. The summed E-state index contributed by atoms with van der Waals surface area (Å²) in [5.41, 5.74) is 3.97. The van der Waals surface area contributed by atoms with E-state index in [0.717, 1.165) is 33.0 Å². The van der Waals surface area contributed by atoms with E-state index < -0.39 is 0 Å². The number of carbonyl (C=O) groups is 1. The highest BCUT2D eigenvalue weighted by atomic mass is 35.5. The molecule has 0 aliphatic carbocycles. The summed E-state index contributed by atoms with van der Waals surface area (Å²) in [5, 5.41) is 4.07. The summed E-state index contributed by atoms with van der Waals surface area (Å²) in [6.45, 7) is 4.46. The molecule has 1 aliphatic heterocycles. The third-order valence-electron chi connectivity index (χ3n) is 5.28. The van der Waals surface area contributed by atoms with Gasteiger partial charge in [-0.1, -0.05) is 17.7 Å². The molecular formula is C25H23ClN2O4S. The Morgan fingerprint density at radius 1 is 1.18 bits per heavy atom. The van der Waals surface area contributed by atoms with E-state index in [9.17, 15) is 4.79 Å². The zero-order chi connectivity index (χ0) is 23.5. The van der Waals surface area contributed by atoms with Crippen molar-refractivity contribution in [3.63, 3.8) is 0 Å². The number of methoxy groups -OCH3 is 1. The highest BCUT2D eigenvalue weighted by molar-refractivity contribution is 7.80. The summed E-state index contributed by atoms with van der Waals surface area (Å²) < 4.78 is 16.8. The molecular weight excluding hydrogens is 460 g/mol. The van der Waals surface area contributed by atoms with Gasteiger partial charge in [-0.15, -0.1) is 0 Å². The van der Waals surface area contributed by atoms with E-state index in [1.807, 2.05) is 44.2 Å². The Kier molecular flexibility index (Phi) is 6.72. The maximum absolute atomic E-state index is 12.9. The van der Waals surface area contributed by atoms with Crippen LogP contribution >= 0.6 is 23.8 Å². The lowest BCUT2D eigenvalue weighted by Gasteiger charge is -2.13. The van der Waals surface area contributed by atoms with Gasteiger partial charge in [-0.05, 0) is 85.2 Å². The predicted octanol–water partition coefficient (Wildman–Crippen LogP) is 5.40. The van der Waals surface area contributed by atoms with Crippen LogP contribution in [0, 0.1) is 13.8 Å². The van der Waals surface area contributed by atoms with Crippen molar-refractivity contribution in [2.45, 2.75) is 27.0 Å². The average molecular weight is 483 g/mol. The molecule has 4 rings (SSSR count). The number of nitrogens with zero attached hydrogens (tertiary/aromatic N) is 1. The Morgan fingerprint density at radius 2 is 1.94 bits per heavy atom. The Balaban J connectivity index is 1.53. The number of halogens is 1. The van der Waals surface area contributed by atoms with Crippen LogP contribution in [0.4, 0.5) is 0 Å². The lowest BCUT2D eigenvalue weighted by atomic mass is 10.1. The zero-order valence-corrected chi connectivity index (χ0v) is 20.0. The quantitative estimate of drug-likeness (QED) is 0.359. The molecule has 8 heteroatoms. The number of hydrogen-bond donors (Lipinski definition) is 1. The molecule has 6 nitrogen and oxygen atoms in total. The topological polar surface area (TPSA) is 63.9 Å². The van der Waals surface area contributed by atoms with Crippen molar-refractivity contribution in [2.75, 3.05) is 7.11 Å². The first-order valence-electron chi connectivity index (χ1n) is 10.3. The maximum atomic E-state index is 12.9. The van der Waals surface area contributed by atoms with Gasteiger partial charge in [0.15, 0.2) is 5.11 Å². The van der Waals surface area contributed by atoms with E-state index in [1.54, 1.807) is 31.6 Å². The van der Waals surface area contributed by atoms with Crippen molar-refractivity contribution in [3.05, 3.63) is 87.5 Å². The van der Waals surface area contributed by atoms with Crippen molar-refractivity contribution in [3.8, 4) is 11.5 Å².